The average molecular weight is 369 g/mol. The Bertz CT molecular complexity index is 856. The fourth-order valence-electron chi connectivity index (χ4n) is 4.31. The predicted octanol–water partition coefficient (Wildman–Crippen LogP) is 5.23. The molecule has 2 aromatic rings. The molecule has 0 amide bonds. The maximum Gasteiger partial charge on any atom is 0.338 e. The number of hydrogen-bond donors (Lipinski definition) is 0. The number of nitrogens with zero attached hydrogens (tertiary/aromatic N) is 1. The van der Waals surface area contributed by atoms with Gasteiger partial charge in [0.15, 0.2) is 0 Å². The third-order valence-corrected chi connectivity index (χ3v) is 6.43. The molecule has 4 rings (SSSR count). The molecule has 1 heterocycles. The molecule has 0 unspecified atom stereocenters. The Kier molecular flexibility index (Phi) is 4.36. The van der Waals surface area contributed by atoms with E-state index in [1.807, 2.05) is 0 Å². The van der Waals surface area contributed by atoms with Crippen molar-refractivity contribution in [3.63, 3.8) is 0 Å². The number of carbonyl (C=O) groups excluding carboxylic acids is 1. The summed E-state index contributed by atoms with van der Waals surface area (Å²) in [5.74, 6) is -0.399. The summed E-state index contributed by atoms with van der Waals surface area (Å²) in [6, 6.07) is 9.80. The molecule has 2 aliphatic carbocycles. The molecule has 1 aromatic carbocycles. The highest BCUT2D eigenvalue weighted by atomic mass is 32.1. The van der Waals surface area contributed by atoms with Gasteiger partial charge in [0.1, 0.15) is 6.10 Å². The molecule has 1 spiro atoms. The van der Waals surface area contributed by atoms with E-state index >= 15 is 0 Å². The van der Waals surface area contributed by atoms with Crippen LogP contribution in [0.2, 0.25) is 0 Å². The van der Waals surface area contributed by atoms with Gasteiger partial charge >= 0.3 is 5.97 Å². The fourth-order valence-corrected chi connectivity index (χ4v) is 5.19. The Hall–Kier alpha value is -2.47. The number of nitro groups is 1. The van der Waals surface area contributed by atoms with Crippen LogP contribution in [0.4, 0.5) is 5.69 Å². The van der Waals surface area contributed by atoms with Crippen LogP contribution in [0.1, 0.15) is 47.3 Å². The van der Waals surface area contributed by atoms with E-state index < -0.39 is 10.9 Å². The van der Waals surface area contributed by atoms with Gasteiger partial charge in [-0.2, -0.15) is 0 Å². The van der Waals surface area contributed by atoms with Crippen molar-refractivity contribution in [1.29, 1.82) is 0 Å². The van der Waals surface area contributed by atoms with Gasteiger partial charge < -0.3 is 4.74 Å². The first-order valence-corrected chi connectivity index (χ1v) is 9.68. The van der Waals surface area contributed by atoms with Gasteiger partial charge in [0.2, 0.25) is 0 Å². The summed E-state index contributed by atoms with van der Waals surface area (Å²) in [4.78, 5) is 24.2. The van der Waals surface area contributed by atoms with Crippen LogP contribution in [0.25, 0.3) is 5.57 Å². The molecule has 0 radical (unpaired) electrons. The zero-order valence-corrected chi connectivity index (χ0v) is 15.0. The van der Waals surface area contributed by atoms with Crippen molar-refractivity contribution < 1.29 is 14.5 Å². The Morgan fingerprint density at radius 3 is 2.73 bits per heavy atom. The third-order valence-electron chi connectivity index (χ3n) is 5.53. The summed E-state index contributed by atoms with van der Waals surface area (Å²) in [5.41, 5.74) is 1.57. The van der Waals surface area contributed by atoms with Crippen LogP contribution in [0.3, 0.4) is 0 Å². The van der Waals surface area contributed by atoms with E-state index in [-0.39, 0.29) is 17.2 Å². The van der Waals surface area contributed by atoms with Crippen molar-refractivity contribution in [3.05, 3.63) is 68.4 Å². The lowest BCUT2D eigenvalue weighted by Crippen LogP contribution is -2.33. The van der Waals surface area contributed by atoms with E-state index in [2.05, 4.69) is 23.6 Å². The second kappa shape index (κ2) is 6.68. The molecule has 2 atom stereocenters. The lowest BCUT2D eigenvalue weighted by atomic mass is 9.77. The van der Waals surface area contributed by atoms with Crippen LogP contribution in [-0.4, -0.2) is 17.0 Å². The van der Waals surface area contributed by atoms with E-state index in [0.717, 1.165) is 32.1 Å². The number of hydrogen-bond acceptors (Lipinski definition) is 5. The smallest absolute Gasteiger partial charge is 0.338 e. The minimum atomic E-state index is -0.475. The summed E-state index contributed by atoms with van der Waals surface area (Å²) in [7, 11) is 0. The third kappa shape index (κ3) is 2.84. The quantitative estimate of drug-likeness (QED) is 0.420. The molecular weight excluding hydrogens is 350 g/mol. The molecule has 6 heteroatoms. The summed E-state index contributed by atoms with van der Waals surface area (Å²) in [6.07, 6.45) is 7.12. The normalized spacial score (nSPS) is 24.6. The first-order valence-electron chi connectivity index (χ1n) is 8.80. The molecule has 1 fully saturated rings. The van der Waals surface area contributed by atoms with E-state index in [1.165, 1.54) is 34.7 Å². The van der Waals surface area contributed by atoms with Gasteiger partial charge in [0, 0.05) is 22.4 Å². The minimum absolute atomic E-state index is 0.0300. The molecule has 0 saturated heterocycles. The van der Waals surface area contributed by atoms with Crippen molar-refractivity contribution >= 4 is 28.6 Å². The Morgan fingerprint density at radius 1 is 1.23 bits per heavy atom. The molecule has 2 aliphatic rings. The van der Waals surface area contributed by atoms with E-state index in [9.17, 15) is 14.9 Å². The van der Waals surface area contributed by atoms with Crippen molar-refractivity contribution in [2.24, 2.45) is 5.41 Å². The maximum absolute atomic E-state index is 12.6. The lowest BCUT2D eigenvalue weighted by Gasteiger charge is -2.33. The van der Waals surface area contributed by atoms with Crippen LogP contribution in [0.15, 0.2) is 47.9 Å². The van der Waals surface area contributed by atoms with Crippen molar-refractivity contribution in [2.45, 2.75) is 38.2 Å². The summed E-state index contributed by atoms with van der Waals surface area (Å²) >= 11 is 1.73. The number of benzene rings is 1. The van der Waals surface area contributed by atoms with Crippen LogP contribution in [-0.2, 0) is 4.74 Å². The molecule has 5 nitrogen and oxygen atoms in total. The molecular formula is C20H19NO4S. The van der Waals surface area contributed by atoms with E-state index in [1.54, 1.807) is 11.3 Å². The molecule has 0 bridgehead atoms. The van der Waals surface area contributed by atoms with Crippen molar-refractivity contribution in [3.8, 4) is 0 Å². The monoisotopic (exact) mass is 369 g/mol. The number of ether oxygens (including phenoxy) is 1. The maximum atomic E-state index is 12.6. The Morgan fingerprint density at radius 2 is 2.04 bits per heavy atom. The highest BCUT2D eigenvalue weighted by Crippen LogP contribution is 2.57. The highest BCUT2D eigenvalue weighted by Gasteiger charge is 2.50. The highest BCUT2D eigenvalue weighted by molar-refractivity contribution is 7.11. The topological polar surface area (TPSA) is 69.4 Å². The van der Waals surface area contributed by atoms with Gasteiger partial charge in [-0.15, -0.1) is 11.3 Å². The molecule has 26 heavy (non-hydrogen) atoms. The number of rotatable bonds is 4. The predicted molar refractivity (Wildman–Crippen MR) is 100 cm³/mol. The van der Waals surface area contributed by atoms with Crippen LogP contribution in [0.5, 0.6) is 0 Å². The Labute approximate surface area is 155 Å². The number of non-ortho nitro benzene ring substituents is 1. The van der Waals surface area contributed by atoms with Gasteiger partial charge in [0.05, 0.1) is 10.5 Å². The molecule has 0 aliphatic heterocycles. The minimum Gasteiger partial charge on any atom is -0.458 e. The van der Waals surface area contributed by atoms with Crippen molar-refractivity contribution in [2.75, 3.05) is 0 Å². The molecule has 1 saturated carbocycles. The van der Waals surface area contributed by atoms with Crippen LogP contribution >= 0.6 is 11.3 Å². The van der Waals surface area contributed by atoms with Crippen molar-refractivity contribution in [1.82, 2.24) is 0 Å². The summed E-state index contributed by atoms with van der Waals surface area (Å²) in [6.45, 7) is 0. The first kappa shape index (κ1) is 17.0. The van der Waals surface area contributed by atoms with E-state index in [0.29, 0.717) is 5.56 Å². The second-order valence-electron chi connectivity index (χ2n) is 6.88. The number of thiophene rings is 1. The SMILES string of the molecule is O=C(O[C@H]1CCC[C@]12CCC=C2c1cccs1)c1ccc([N+](=O)[O-])cc1. The number of esters is 1. The first-order chi connectivity index (χ1) is 12.6. The molecule has 0 N–H and O–H groups in total. The number of allylic oxidation sites excluding steroid dienone is 1. The standard InChI is InChI=1S/C20H19NO4S/c22-19(14-7-9-15(10-8-14)21(23)24)25-18-6-2-12-20(18)11-1-4-16(20)17-5-3-13-26-17/h3-5,7-10,13,18H,1-2,6,11-12H2/t18-,20-/m0/s1. The average Bonchev–Trinajstić information content (AvgIpc) is 3.38. The molecule has 134 valence electrons. The van der Waals surface area contributed by atoms with Crippen LogP contribution in [0, 0.1) is 15.5 Å². The van der Waals surface area contributed by atoms with Gasteiger partial charge in [0.25, 0.3) is 5.69 Å². The van der Waals surface area contributed by atoms with Crippen LogP contribution < -0.4 is 0 Å². The van der Waals surface area contributed by atoms with Gasteiger partial charge in [-0.05, 0) is 61.3 Å². The summed E-state index contributed by atoms with van der Waals surface area (Å²) in [5, 5.41) is 12.8. The molecule has 1 aromatic heterocycles. The fraction of sp³-hybridized carbons (Fsp3) is 0.350. The summed E-state index contributed by atoms with van der Waals surface area (Å²) < 4.78 is 5.92. The van der Waals surface area contributed by atoms with Gasteiger partial charge in [-0.25, -0.2) is 4.79 Å². The number of carbonyl (C=O) groups is 1. The second-order valence-corrected chi connectivity index (χ2v) is 7.83. The largest absolute Gasteiger partial charge is 0.458 e. The van der Waals surface area contributed by atoms with E-state index in [4.69, 9.17) is 4.74 Å². The Balaban J connectivity index is 1.55. The lowest BCUT2D eigenvalue weighted by molar-refractivity contribution is -0.384. The zero-order chi connectivity index (χ0) is 18.1. The van der Waals surface area contributed by atoms with Gasteiger partial charge in [-0.3, -0.25) is 10.1 Å². The zero-order valence-electron chi connectivity index (χ0n) is 14.2. The van der Waals surface area contributed by atoms with Gasteiger partial charge in [-0.1, -0.05) is 12.1 Å². The number of nitro benzene ring substituents is 1.